The molecule has 0 radical (unpaired) electrons. The van der Waals surface area contributed by atoms with E-state index in [0.717, 1.165) is 43.5 Å². The number of anilines is 1. The van der Waals surface area contributed by atoms with Gasteiger partial charge in [-0.05, 0) is 69.1 Å². The van der Waals surface area contributed by atoms with Crippen molar-refractivity contribution in [2.24, 2.45) is 5.92 Å². The summed E-state index contributed by atoms with van der Waals surface area (Å²) in [5, 5.41) is 6.11. The molecule has 3 fully saturated rings. The molecule has 1 aromatic rings. The minimum atomic E-state index is -0.0470. The van der Waals surface area contributed by atoms with Crippen molar-refractivity contribution in [2.45, 2.75) is 76.8 Å². The second-order valence-electron chi connectivity index (χ2n) is 8.51. The monoisotopic (exact) mass is 369 g/mol. The Balaban J connectivity index is 1.44. The first-order chi connectivity index (χ1) is 13.1. The zero-order valence-corrected chi connectivity index (χ0v) is 16.3. The molecule has 1 unspecified atom stereocenters. The number of aryl methyl sites for hydroxylation is 1. The molecular weight excluding hydrogens is 338 g/mol. The summed E-state index contributed by atoms with van der Waals surface area (Å²) in [5.74, 6) is 0.609. The Hall–Kier alpha value is -2.04. The molecule has 27 heavy (non-hydrogen) atoms. The summed E-state index contributed by atoms with van der Waals surface area (Å²) in [7, 11) is 0. The molecular formula is C22H31N3O2. The Morgan fingerprint density at radius 2 is 1.78 bits per heavy atom. The average molecular weight is 370 g/mol. The van der Waals surface area contributed by atoms with Crippen LogP contribution in [0.5, 0.6) is 0 Å². The largest absolute Gasteiger partial charge is 0.349 e. The molecule has 5 nitrogen and oxygen atoms in total. The van der Waals surface area contributed by atoms with Crippen LogP contribution >= 0.6 is 0 Å². The number of carbonyl (C=O) groups excluding carboxylic acids is 2. The Morgan fingerprint density at radius 1 is 1.00 bits per heavy atom. The molecule has 0 bridgehead atoms. The van der Waals surface area contributed by atoms with Crippen LogP contribution in [0.25, 0.3) is 0 Å². The fraction of sp³-hybridized carbons (Fsp3) is 0.636. The van der Waals surface area contributed by atoms with Gasteiger partial charge >= 0.3 is 6.03 Å². The van der Waals surface area contributed by atoms with Crippen LogP contribution in [0.3, 0.4) is 0 Å². The number of likely N-dealkylation sites (tertiary alicyclic amines) is 1. The third kappa shape index (κ3) is 4.28. The number of urea groups is 1. The van der Waals surface area contributed by atoms with Gasteiger partial charge in [0.1, 0.15) is 0 Å². The average Bonchev–Trinajstić information content (AvgIpc) is 3.35. The molecule has 2 saturated carbocycles. The summed E-state index contributed by atoms with van der Waals surface area (Å²) >= 11 is 0. The first-order valence-corrected chi connectivity index (χ1v) is 10.6. The second kappa shape index (κ2) is 7.91. The van der Waals surface area contributed by atoms with Crippen molar-refractivity contribution in [3.8, 4) is 0 Å². The van der Waals surface area contributed by atoms with Gasteiger partial charge in [-0.15, -0.1) is 0 Å². The van der Waals surface area contributed by atoms with Gasteiger partial charge in [-0.1, -0.05) is 25.3 Å². The molecule has 0 spiro atoms. The standard InChI is InChI=1S/C22H31N3O2/c1-15-9-10-17(21(26)23-18-11-12-18)14-19(15)24-22(27)25-13-5-8-20(25)16-6-3-2-4-7-16/h9-10,14,16,18,20H,2-8,11-13H2,1H3,(H,23,26)(H,24,27). The highest BCUT2D eigenvalue weighted by Crippen LogP contribution is 2.34. The van der Waals surface area contributed by atoms with E-state index >= 15 is 0 Å². The van der Waals surface area contributed by atoms with Gasteiger partial charge in [0.15, 0.2) is 0 Å². The van der Waals surface area contributed by atoms with Gasteiger partial charge in [0.05, 0.1) is 0 Å². The summed E-state index contributed by atoms with van der Waals surface area (Å²) in [6.45, 7) is 2.81. The third-order valence-electron chi connectivity index (χ3n) is 6.41. The van der Waals surface area contributed by atoms with Gasteiger partial charge in [-0.3, -0.25) is 4.79 Å². The number of nitrogens with zero attached hydrogens (tertiary/aromatic N) is 1. The number of hydrogen-bond acceptors (Lipinski definition) is 2. The van der Waals surface area contributed by atoms with Crippen LogP contribution in [0.4, 0.5) is 10.5 Å². The maximum absolute atomic E-state index is 13.0. The molecule has 1 saturated heterocycles. The summed E-state index contributed by atoms with van der Waals surface area (Å²) in [6.07, 6.45) is 10.8. The lowest BCUT2D eigenvalue weighted by Gasteiger charge is -2.34. The van der Waals surface area contributed by atoms with Crippen LogP contribution in [-0.2, 0) is 0 Å². The molecule has 2 N–H and O–H groups in total. The molecule has 2 aliphatic carbocycles. The molecule has 4 rings (SSSR count). The lowest BCUT2D eigenvalue weighted by atomic mass is 9.83. The smallest absolute Gasteiger partial charge is 0.322 e. The highest BCUT2D eigenvalue weighted by atomic mass is 16.2. The van der Waals surface area contributed by atoms with Crippen molar-refractivity contribution in [3.63, 3.8) is 0 Å². The Bertz CT molecular complexity index is 708. The maximum Gasteiger partial charge on any atom is 0.322 e. The summed E-state index contributed by atoms with van der Waals surface area (Å²) in [4.78, 5) is 27.4. The van der Waals surface area contributed by atoms with Crippen molar-refractivity contribution in [3.05, 3.63) is 29.3 Å². The number of hydrogen-bond donors (Lipinski definition) is 2. The van der Waals surface area contributed by atoms with Crippen LogP contribution in [0.2, 0.25) is 0 Å². The molecule has 0 aromatic heterocycles. The molecule has 146 valence electrons. The van der Waals surface area contributed by atoms with Crippen LogP contribution in [0.15, 0.2) is 18.2 Å². The predicted octanol–water partition coefficient (Wildman–Crippen LogP) is 4.46. The first-order valence-electron chi connectivity index (χ1n) is 10.6. The van der Waals surface area contributed by atoms with E-state index in [1.54, 1.807) is 0 Å². The Kier molecular flexibility index (Phi) is 5.37. The zero-order valence-electron chi connectivity index (χ0n) is 16.3. The van der Waals surface area contributed by atoms with Crippen molar-refractivity contribution in [2.75, 3.05) is 11.9 Å². The topological polar surface area (TPSA) is 61.4 Å². The van der Waals surface area contributed by atoms with Crippen LogP contribution in [-0.4, -0.2) is 35.5 Å². The van der Waals surface area contributed by atoms with E-state index in [9.17, 15) is 9.59 Å². The number of carbonyl (C=O) groups is 2. The normalized spacial score (nSPS) is 23.3. The van der Waals surface area contributed by atoms with Gasteiger partial charge in [0, 0.05) is 29.9 Å². The van der Waals surface area contributed by atoms with Crippen LogP contribution in [0, 0.1) is 12.8 Å². The fourth-order valence-electron chi connectivity index (χ4n) is 4.64. The molecule has 1 aliphatic heterocycles. The quantitative estimate of drug-likeness (QED) is 0.823. The summed E-state index contributed by atoms with van der Waals surface area (Å²) < 4.78 is 0. The van der Waals surface area contributed by atoms with Crippen molar-refractivity contribution in [1.82, 2.24) is 10.2 Å². The minimum absolute atomic E-state index is 0.00840. The summed E-state index contributed by atoms with van der Waals surface area (Å²) in [5.41, 5.74) is 2.35. The van der Waals surface area contributed by atoms with E-state index in [0.29, 0.717) is 23.6 Å². The molecule has 5 heteroatoms. The van der Waals surface area contributed by atoms with Gasteiger partial charge in [-0.25, -0.2) is 4.79 Å². The molecule has 3 aliphatic rings. The van der Waals surface area contributed by atoms with E-state index in [-0.39, 0.29) is 11.9 Å². The Morgan fingerprint density at radius 3 is 2.52 bits per heavy atom. The van der Waals surface area contributed by atoms with E-state index in [2.05, 4.69) is 10.6 Å². The molecule has 3 amide bonds. The number of nitrogens with one attached hydrogen (secondary N) is 2. The highest BCUT2D eigenvalue weighted by molar-refractivity contribution is 5.97. The van der Waals surface area contributed by atoms with E-state index < -0.39 is 0 Å². The van der Waals surface area contributed by atoms with Crippen molar-refractivity contribution in [1.29, 1.82) is 0 Å². The Labute approximate surface area is 161 Å². The molecule has 1 atom stereocenters. The van der Waals surface area contributed by atoms with Crippen LogP contribution < -0.4 is 10.6 Å². The summed E-state index contributed by atoms with van der Waals surface area (Å²) in [6, 6.07) is 6.27. The third-order valence-corrected chi connectivity index (χ3v) is 6.41. The number of benzene rings is 1. The molecule has 1 heterocycles. The van der Waals surface area contributed by atoms with Gasteiger partial charge in [-0.2, -0.15) is 0 Å². The lowest BCUT2D eigenvalue weighted by molar-refractivity contribution is 0.0951. The van der Waals surface area contributed by atoms with Gasteiger partial charge in [0.2, 0.25) is 0 Å². The number of amides is 3. The highest BCUT2D eigenvalue weighted by Gasteiger charge is 2.35. The van der Waals surface area contributed by atoms with E-state index in [1.807, 2.05) is 30.0 Å². The predicted molar refractivity (Wildman–Crippen MR) is 107 cm³/mol. The SMILES string of the molecule is Cc1ccc(C(=O)NC2CC2)cc1NC(=O)N1CCCC1C1CCCCC1. The van der Waals surface area contributed by atoms with E-state index in [1.165, 1.54) is 32.1 Å². The number of rotatable bonds is 4. The first kappa shape index (κ1) is 18.3. The lowest BCUT2D eigenvalue weighted by Crippen LogP contribution is -2.43. The second-order valence-corrected chi connectivity index (χ2v) is 8.51. The zero-order chi connectivity index (χ0) is 18.8. The molecule has 1 aromatic carbocycles. The maximum atomic E-state index is 13.0. The van der Waals surface area contributed by atoms with Crippen molar-refractivity contribution >= 4 is 17.6 Å². The minimum Gasteiger partial charge on any atom is -0.349 e. The van der Waals surface area contributed by atoms with Crippen LogP contribution in [0.1, 0.15) is 73.7 Å². The van der Waals surface area contributed by atoms with Gasteiger partial charge in [0.25, 0.3) is 5.91 Å². The fourth-order valence-corrected chi connectivity index (χ4v) is 4.64. The van der Waals surface area contributed by atoms with Crippen molar-refractivity contribution < 1.29 is 9.59 Å². The van der Waals surface area contributed by atoms with E-state index in [4.69, 9.17) is 0 Å². The van der Waals surface area contributed by atoms with Gasteiger partial charge < -0.3 is 15.5 Å².